The van der Waals surface area contributed by atoms with E-state index in [0.717, 1.165) is 30.0 Å². The number of nitrogens with one attached hydrogen (secondary N) is 1. The number of carbonyl (C=O) groups is 1. The molecule has 0 aliphatic rings. The molecule has 5 nitrogen and oxygen atoms in total. The van der Waals surface area contributed by atoms with E-state index in [-0.39, 0.29) is 11.9 Å². The zero-order valence-electron chi connectivity index (χ0n) is 14.2. The van der Waals surface area contributed by atoms with Crippen LogP contribution in [0.15, 0.2) is 4.52 Å². The fourth-order valence-corrected chi connectivity index (χ4v) is 2.59. The van der Waals surface area contributed by atoms with Crippen molar-refractivity contribution in [3.05, 3.63) is 17.0 Å². The molecule has 1 aromatic heterocycles. The zero-order valence-corrected chi connectivity index (χ0v) is 14.2. The number of aryl methyl sites for hydroxylation is 2. The highest BCUT2D eigenvalue weighted by Gasteiger charge is 2.16. The van der Waals surface area contributed by atoms with Gasteiger partial charge in [0.25, 0.3) is 0 Å². The monoisotopic (exact) mass is 295 g/mol. The van der Waals surface area contributed by atoms with Gasteiger partial charge in [-0.1, -0.05) is 19.0 Å². The maximum atomic E-state index is 12.2. The summed E-state index contributed by atoms with van der Waals surface area (Å²) in [4.78, 5) is 14.3. The number of rotatable bonds is 8. The number of aromatic nitrogens is 1. The van der Waals surface area contributed by atoms with E-state index >= 15 is 0 Å². The van der Waals surface area contributed by atoms with E-state index in [4.69, 9.17) is 4.52 Å². The summed E-state index contributed by atoms with van der Waals surface area (Å²) >= 11 is 0. The van der Waals surface area contributed by atoms with Crippen molar-refractivity contribution in [2.75, 3.05) is 20.6 Å². The summed E-state index contributed by atoms with van der Waals surface area (Å²) in [6, 6.07) is 0.206. The molecule has 21 heavy (non-hydrogen) atoms. The minimum atomic E-state index is 0.0995. The molecule has 0 radical (unpaired) electrons. The predicted molar refractivity (Wildman–Crippen MR) is 84.2 cm³/mol. The van der Waals surface area contributed by atoms with Crippen molar-refractivity contribution >= 4 is 5.91 Å². The highest BCUT2D eigenvalue weighted by Crippen LogP contribution is 2.14. The first-order valence-electron chi connectivity index (χ1n) is 7.65. The Morgan fingerprint density at radius 2 is 2.00 bits per heavy atom. The molecule has 120 valence electrons. The summed E-state index contributed by atoms with van der Waals surface area (Å²) in [5, 5.41) is 7.07. The molecule has 0 spiro atoms. The number of carbonyl (C=O) groups excluding carboxylic acids is 1. The van der Waals surface area contributed by atoms with E-state index in [2.05, 4.69) is 29.2 Å². The first-order chi connectivity index (χ1) is 9.79. The Labute approximate surface area is 128 Å². The average Bonchev–Trinajstić information content (AvgIpc) is 2.64. The summed E-state index contributed by atoms with van der Waals surface area (Å²) in [6.45, 7) is 9.03. The van der Waals surface area contributed by atoms with Crippen molar-refractivity contribution in [1.29, 1.82) is 0 Å². The van der Waals surface area contributed by atoms with E-state index in [1.165, 1.54) is 0 Å². The SMILES string of the molecule is Cc1noc(C)c1CCC(=O)NC(CC(C)C)CN(C)C. The fourth-order valence-electron chi connectivity index (χ4n) is 2.59. The van der Waals surface area contributed by atoms with E-state index in [1.807, 2.05) is 27.9 Å². The summed E-state index contributed by atoms with van der Waals surface area (Å²) in [5.41, 5.74) is 1.94. The van der Waals surface area contributed by atoms with Gasteiger partial charge in [0.2, 0.25) is 5.91 Å². The quantitative estimate of drug-likeness (QED) is 0.799. The lowest BCUT2D eigenvalue weighted by atomic mass is 10.0. The second-order valence-electron chi connectivity index (χ2n) is 6.46. The van der Waals surface area contributed by atoms with Crippen LogP contribution in [0.25, 0.3) is 0 Å². The Morgan fingerprint density at radius 1 is 1.33 bits per heavy atom. The van der Waals surface area contributed by atoms with Gasteiger partial charge in [0.05, 0.1) is 5.69 Å². The Hall–Kier alpha value is -1.36. The minimum absolute atomic E-state index is 0.0995. The van der Waals surface area contributed by atoms with Crippen molar-refractivity contribution in [3.8, 4) is 0 Å². The standard InChI is InChI=1S/C16H29N3O2/c1-11(2)9-14(10-19(5)6)17-16(20)8-7-15-12(3)18-21-13(15)4/h11,14H,7-10H2,1-6H3,(H,17,20). The average molecular weight is 295 g/mol. The van der Waals surface area contributed by atoms with E-state index in [0.29, 0.717) is 18.8 Å². The first kappa shape index (κ1) is 17.7. The van der Waals surface area contributed by atoms with Crippen LogP contribution in [0.1, 0.15) is 43.7 Å². The molecule has 1 N–H and O–H groups in total. The van der Waals surface area contributed by atoms with Crippen LogP contribution in [0.5, 0.6) is 0 Å². The summed E-state index contributed by atoms with van der Waals surface area (Å²) in [6.07, 6.45) is 2.16. The van der Waals surface area contributed by atoms with Crippen molar-refractivity contribution in [2.45, 2.75) is 53.0 Å². The number of hydrogen-bond acceptors (Lipinski definition) is 4. The lowest BCUT2D eigenvalue weighted by Crippen LogP contribution is -2.42. The Balaban J connectivity index is 2.50. The highest BCUT2D eigenvalue weighted by molar-refractivity contribution is 5.76. The van der Waals surface area contributed by atoms with Gasteiger partial charge in [0.15, 0.2) is 0 Å². The second kappa shape index (κ2) is 8.17. The van der Waals surface area contributed by atoms with Crippen LogP contribution in [-0.4, -0.2) is 42.6 Å². The van der Waals surface area contributed by atoms with Crippen molar-refractivity contribution in [2.24, 2.45) is 5.92 Å². The van der Waals surface area contributed by atoms with Gasteiger partial charge in [-0.25, -0.2) is 0 Å². The van der Waals surface area contributed by atoms with Crippen molar-refractivity contribution < 1.29 is 9.32 Å². The molecule has 0 aliphatic heterocycles. The third-order valence-electron chi connectivity index (χ3n) is 3.49. The van der Waals surface area contributed by atoms with Gasteiger partial charge < -0.3 is 14.7 Å². The van der Waals surface area contributed by atoms with Gasteiger partial charge >= 0.3 is 0 Å². The highest BCUT2D eigenvalue weighted by atomic mass is 16.5. The largest absolute Gasteiger partial charge is 0.361 e. The van der Waals surface area contributed by atoms with Gasteiger partial charge in [-0.3, -0.25) is 4.79 Å². The van der Waals surface area contributed by atoms with Crippen LogP contribution >= 0.6 is 0 Å². The third-order valence-corrected chi connectivity index (χ3v) is 3.49. The van der Waals surface area contributed by atoms with Crippen LogP contribution in [0, 0.1) is 19.8 Å². The molecule has 0 saturated heterocycles. The van der Waals surface area contributed by atoms with Crippen molar-refractivity contribution in [1.82, 2.24) is 15.4 Å². The molecule has 1 aromatic rings. The zero-order chi connectivity index (χ0) is 16.0. The van der Waals surface area contributed by atoms with Gasteiger partial charge in [0.1, 0.15) is 5.76 Å². The van der Waals surface area contributed by atoms with Gasteiger partial charge in [-0.15, -0.1) is 0 Å². The lowest BCUT2D eigenvalue weighted by Gasteiger charge is -2.24. The molecule has 0 fully saturated rings. The number of likely N-dealkylation sites (N-methyl/N-ethyl adjacent to an activating group) is 1. The molecular formula is C16H29N3O2. The molecule has 0 saturated carbocycles. The van der Waals surface area contributed by atoms with Crippen LogP contribution in [0.2, 0.25) is 0 Å². The fraction of sp³-hybridized carbons (Fsp3) is 0.750. The van der Waals surface area contributed by atoms with E-state index < -0.39 is 0 Å². The summed E-state index contributed by atoms with van der Waals surface area (Å²) in [5.74, 6) is 1.48. The summed E-state index contributed by atoms with van der Waals surface area (Å²) < 4.78 is 5.13. The number of amides is 1. The Bertz CT molecular complexity index is 423. The van der Waals surface area contributed by atoms with Gasteiger partial charge in [0, 0.05) is 24.6 Å². The van der Waals surface area contributed by atoms with Crippen molar-refractivity contribution in [3.63, 3.8) is 0 Å². The predicted octanol–water partition coefficient (Wildman–Crippen LogP) is 2.32. The maximum Gasteiger partial charge on any atom is 0.220 e. The van der Waals surface area contributed by atoms with Crippen LogP contribution in [0.4, 0.5) is 0 Å². The molecule has 5 heteroatoms. The maximum absolute atomic E-state index is 12.2. The number of hydrogen-bond donors (Lipinski definition) is 1. The normalized spacial score (nSPS) is 13.0. The first-order valence-corrected chi connectivity index (χ1v) is 7.65. The lowest BCUT2D eigenvalue weighted by molar-refractivity contribution is -0.121. The number of nitrogens with zero attached hydrogens (tertiary/aromatic N) is 2. The van der Waals surface area contributed by atoms with Crippen LogP contribution in [-0.2, 0) is 11.2 Å². The molecule has 1 amide bonds. The third kappa shape index (κ3) is 6.29. The molecule has 1 heterocycles. The minimum Gasteiger partial charge on any atom is -0.361 e. The molecule has 0 aromatic carbocycles. The Kier molecular flexibility index (Phi) is 6.89. The smallest absolute Gasteiger partial charge is 0.220 e. The molecule has 1 unspecified atom stereocenters. The topological polar surface area (TPSA) is 58.4 Å². The van der Waals surface area contributed by atoms with E-state index in [9.17, 15) is 4.79 Å². The van der Waals surface area contributed by atoms with E-state index in [1.54, 1.807) is 0 Å². The molecule has 1 atom stereocenters. The van der Waals surface area contributed by atoms with Gasteiger partial charge in [-0.2, -0.15) is 0 Å². The molecular weight excluding hydrogens is 266 g/mol. The van der Waals surface area contributed by atoms with Gasteiger partial charge in [-0.05, 0) is 46.7 Å². The molecule has 0 bridgehead atoms. The van der Waals surface area contributed by atoms with Crippen LogP contribution in [0.3, 0.4) is 0 Å². The Morgan fingerprint density at radius 3 is 2.48 bits per heavy atom. The summed E-state index contributed by atoms with van der Waals surface area (Å²) in [7, 11) is 4.06. The molecule has 0 aliphatic carbocycles. The van der Waals surface area contributed by atoms with Crippen LogP contribution < -0.4 is 5.32 Å². The second-order valence-corrected chi connectivity index (χ2v) is 6.46. The molecule has 1 rings (SSSR count).